The lowest BCUT2D eigenvalue weighted by molar-refractivity contribution is -0.161. The van der Waals surface area contributed by atoms with Crippen LogP contribution in [0.3, 0.4) is 0 Å². The summed E-state index contributed by atoms with van der Waals surface area (Å²) in [4.78, 5) is 72.7. The van der Waals surface area contributed by atoms with Gasteiger partial charge in [-0.25, -0.2) is 9.13 Å². The first kappa shape index (κ1) is 90.1. The van der Waals surface area contributed by atoms with Gasteiger partial charge in [0.25, 0.3) is 0 Å². The Kier molecular flexibility index (Phi) is 61.3. The fourth-order valence-electron chi connectivity index (χ4n) is 11.0. The van der Waals surface area contributed by atoms with E-state index in [-0.39, 0.29) is 25.7 Å². The molecule has 17 nitrogen and oxygen atoms in total. The molecule has 0 aliphatic rings. The zero-order chi connectivity index (χ0) is 68.2. The number of hydrogen-bond donors (Lipinski definition) is 3. The van der Waals surface area contributed by atoms with E-state index in [0.29, 0.717) is 25.7 Å². The molecule has 3 N–H and O–H groups in total. The van der Waals surface area contributed by atoms with Gasteiger partial charge in [0.15, 0.2) is 12.2 Å². The highest BCUT2D eigenvalue weighted by atomic mass is 31.2. The highest BCUT2D eigenvalue weighted by molar-refractivity contribution is 7.47. The molecule has 0 saturated heterocycles. The molecular weight excluding hydrogens is 1210 g/mol. The van der Waals surface area contributed by atoms with Crippen molar-refractivity contribution in [2.75, 3.05) is 39.6 Å². The van der Waals surface area contributed by atoms with Gasteiger partial charge >= 0.3 is 39.5 Å². The van der Waals surface area contributed by atoms with E-state index in [9.17, 15) is 43.2 Å². The van der Waals surface area contributed by atoms with Gasteiger partial charge in [0, 0.05) is 25.7 Å². The number of aliphatic hydroxyl groups excluding tert-OH is 1. The van der Waals surface area contributed by atoms with Crippen LogP contribution in [0.15, 0.2) is 0 Å². The van der Waals surface area contributed by atoms with Crippen LogP contribution in [0, 0.1) is 23.7 Å². The van der Waals surface area contributed by atoms with E-state index in [0.717, 1.165) is 114 Å². The second kappa shape index (κ2) is 62.6. The minimum Gasteiger partial charge on any atom is -0.462 e. The highest BCUT2D eigenvalue weighted by Gasteiger charge is 2.30. The summed E-state index contributed by atoms with van der Waals surface area (Å²) in [7, 11) is -9.91. The van der Waals surface area contributed by atoms with Gasteiger partial charge in [-0.2, -0.15) is 0 Å². The maximum absolute atomic E-state index is 13.1. The molecule has 0 amide bonds. The summed E-state index contributed by atoms with van der Waals surface area (Å²) in [5.74, 6) is 0.914. The number of phosphoric acid groups is 2. The second-order valence-electron chi connectivity index (χ2n) is 28.0. The average molecular weight is 1350 g/mol. The first-order valence-electron chi connectivity index (χ1n) is 37.7. The predicted molar refractivity (Wildman–Crippen MR) is 372 cm³/mol. The van der Waals surface area contributed by atoms with Crippen molar-refractivity contribution < 1.29 is 80.2 Å². The average Bonchev–Trinajstić information content (AvgIpc) is 2.13. The first-order valence-corrected chi connectivity index (χ1v) is 40.7. The van der Waals surface area contributed by atoms with Crippen molar-refractivity contribution in [2.24, 2.45) is 23.7 Å². The molecule has 0 rings (SSSR count). The Morgan fingerprint density at radius 3 is 0.772 bits per heavy atom. The Hall–Kier alpha value is -1.94. The number of carbonyl (C=O) groups excluding carboxylic acids is 4. The van der Waals surface area contributed by atoms with Crippen molar-refractivity contribution in [3.05, 3.63) is 0 Å². The Bertz CT molecular complexity index is 1820. The molecule has 0 radical (unpaired) electrons. The molecule has 4 unspecified atom stereocenters. The van der Waals surface area contributed by atoms with Crippen LogP contribution in [-0.4, -0.2) is 96.7 Å². The van der Waals surface area contributed by atoms with Gasteiger partial charge in [0.05, 0.1) is 26.4 Å². The van der Waals surface area contributed by atoms with Crippen molar-refractivity contribution in [1.82, 2.24) is 0 Å². The van der Waals surface area contributed by atoms with Crippen molar-refractivity contribution in [1.29, 1.82) is 0 Å². The Balaban J connectivity index is 5.26. The number of hydrogen-bond acceptors (Lipinski definition) is 15. The number of carbonyl (C=O) groups is 4. The predicted octanol–water partition coefficient (Wildman–Crippen LogP) is 20.9. The molecule has 546 valence electrons. The number of aliphatic hydroxyl groups is 1. The van der Waals surface area contributed by atoms with Crippen LogP contribution < -0.4 is 0 Å². The minimum atomic E-state index is -4.96. The molecule has 0 heterocycles. The molecule has 0 fully saturated rings. The third kappa shape index (κ3) is 65.4. The summed E-state index contributed by atoms with van der Waals surface area (Å²) < 4.78 is 68.4. The van der Waals surface area contributed by atoms with E-state index in [1.807, 2.05) is 0 Å². The standard InChI is InChI=1S/C73H142O17P2/c1-9-66(8)52-44-36-28-18-15-16-19-29-37-45-53-70(75)83-59-68(89-72(77)55-47-39-31-20-14-12-10-11-13-17-25-33-41-49-63(2)3)61-87-91(79,80)85-57-67(74)58-86-92(81,82)88-62-69(90-73(78)56-48-40-32-24-22-27-35-43-51-65(6)7)60-84-71(76)54-46-38-30-23-21-26-34-42-50-64(4)5/h63-69,74H,9-62H2,1-8H3,(H,79,80)(H,81,82)/t66?,67?,68-,69-/m1/s1. The molecule has 92 heavy (non-hydrogen) atoms. The number of esters is 4. The molecule has 0 spiro atoms. The molecule has 6 atom stereocenters. The zero-order valence-corrected chi connectivity index (χ0v) is 62.0. The quantitative estimate of drug-likeness (QED) is 0.0222. The van der Waals surface area contributed by atoms with Gasteiger partial charge in [-0.15, -0.1) is 0 Å². The van der Waals surface area contributed by atoms with Gasteiger partial charge < -0.3 is 33.8 Å². The lowest BCUT2D eigenvalue weighted by Gasteiger charge is -2.21. The Morgan fingerprint density at radius 1 is 0.304 bits per heavy atom. The third-order valence-electron chi connectivity index (χ3n) is 17.2. The molecular formula is C73H142O17P2. The number of rotatable bonds is 70. The lowest BCUT2D eigenvalue weighted by Crippen LogP contribution is -2.30. The molecule has 0 aromatic heterocycles. The van der Waals surface area contributed by atoms with Crippen LogP contribution >= 0.6 is 15.6 Å². The summed E-state index contributed by atoms with van der Waals surface area (Å²) in [5, 5.41) is 10.6. The fourth-order valence-corrected chi connectivity index (χ4v) is 12.6. The fraction of sp³-hybridized carbons (Fsp3) is 0.945. The first-order chi connectivity index (χ1) is 44.1. The lowest BCUT2D eigenvalue weighted by atomic mass is 9.99. The number of unbranched alkanes of at least 4 members (excludes halogenated alkanes) is 35. The number of ether oxygens (including phenoxy) is 4. The normalized spacial score (nSPS) is 14.5. The van der Waals surface area contributed by atoms with Crippen LogP contribution in [0.1, 0.15) is 364 Å². The van der Waals surface area contributed by atoms with Gasteiger partial charge in [-0.1, -0.05) is 312 Å². The zero-order valence-electron chi connectivity index (χ0n) is 60.2. The molecule has 0 aromatic rings. The Labute approximate surface area is 562 Å². The summed E-state index contributed by atoms with van der Waals surface area (Å²) in [6.45, 7) is 14.1. The topological polar surface area (TPSA) is 237 Å². The van der Waals surface area contributed by atoms with Crippen molar-refractivity contribution in [2.45, 2.75) is 382 Å². The van der Waals surface area contributed by atoms with E-state index >= 15 is 0 Å². The number of phosphoric ester groups is 2. The van der Waals surface area contributed by atoms with Crippen LogP contribution in [-0.2, 0) is 65.4 Å². The largest absolute Gasteiger partial charge is 0.472 e. The van der Waals surface area contributed by atoms with Crippen molar-refractivity contribution in [3.63, 3.8) is 0 Å². The van der Waals surface area contributed by atoms with Gasteiger partial charge in [0.1, 0.15) is 19.3 Å². The Morgan fingerprint density at radius 2 is 0.522 bits per heavy atom. The van der Waals surface area contributed by atoms with Crippen LogP contribution in [0.4, 0.5) is 0 Å². The SMILES string of the molecule is CCC(C)CCCCCCCCCCCCC(=O)OC[C@H](COP(=O)(O)OCC(O)COP(=O)(O)OC[C@@H](COC(=O)CCCCCCCCCCC(C)C)OC(=O)CCCCCCCCCCC(C)C)OC(=O)CCCCCCCCCCCCCCCC(C)C. The third-order valence-corrected chi connectivity index (χ3v) is 19.1. The summed E-state index contributed by atoms with van der Waals surface area (Å²) in [6, 6.07) is 0. The van der Waals surface area contributed by atoms with E-state index in [4.69, 9.17) is 37.0 Å². The minimum absolute atomic E-state index is 0.103. The molecule has 0 aromatic carbocycles. The molecule has 0 aliphatic heterocycles. The monoisotopic (exact) mass is 1350 g/mol. The summed E-state index contributed by atoms with van der Waals surface area (Å²) in [5.41, 5.74) is 0. The molecule has 0 saturated carbocycles. The maximum Gasteiger partial charge on any atom is 0.472 e. The van der Waals surface area contributed by atoms with Crippen molar-refractivity contribution >= 4 is 39.5 Å². The van der Waals surface area contributed by atoms with Gasteiger partial charge in [-0.05, 0) is 49.4 Å². The highest BCUT2D eigenvalue weighted by Crippen LogP contribution is 2.45. The van der Waals surface area contributed by atoms with Crippen LogP contribution in [0.2, 0.25) is 0 Å². The molecule has 0 aliphatic carbocycles. The molecule has 0 bridgehead atoms. The molecule has 19 heteroatoms. The van der Waals surface area contributed by atoms with E-state index in [1.54, 1.807) is 0 Å². The second-order valence-corrected chi connectivity index (χ2v) is 30.9. The summed E-state index contributed by atoms with van der Waals surface area (Å²) in [6.07, 6.45) is 45.8. The van der Waals surface area contributed by atoms with Crippen molar-refractivity contribution in [3.8, 4) is 0 Å². The van der Waals surface area contributed by atoms with E-state index < -0.39 is 97.5 Å². The van der Waals surface area contributed by atoms with E-state index in [1.165, 1.54) is 167 Å². The maximum atomic E-state index is 13.1. The van der Waals surface area contributed by atoms with Gasteiger partial charge in [0.2, 0.25) is 0 Å². The van der Waals surface area contributed by atoms with Crippen LogP contribution in [0.5, 0.6) is 0 Å². The summed E-state index contributed by atoms with van der Waals surface area (Å²) >= 11 is 0. The van der Waals surface area contributed by atoms with Gasteiger partial charge in [-0.3, -0.25) is 37.3 Å². The van der Waals surface area contributed by atoms with Crippen LogP contribution in [0.25, 0.3) is 0 Å². The smallest absolute Gasteiger partial charge is 0.462 e. The van der Waals surface area contributed by atoms with E-state index in [2.05, 4.69) is 55.4 Å².